The van der Waals surface area contributed by atoms with Gasteiger partial charge in [0, 0.05) is 30.8 Å². The van der Waals surface area contributed by atoms with Crippen molar-refractivity contribution in [3.05, 3.63) is 23.8 Å². The first-order valence-electron chi connectivity index (χ1n) is 7.87. The van der Waals surface area contributed by atoms with Gasteiger partial charge in [0.25, 0.3) is 0 Å². The van der Waals surface area contributed by atoms with E-state index in [1.165, 1.54) is 25.8 Å². The zero-order valence-electron chi connectivity index (χ0n) is 13.5. The van der Waals surface area contributed by atoms with Crippen molar-refractivity contribution in [3.63, 3.8) is 0 Å². The van der Waals surface area contributed by atoms with Gasteiger partial charge in [-0.3, -0.25) is 0 Å². The highest BCUT2D eigenvalue weighted by Gasteiger charge is 2.22. The fourth-order valence-electron chi connectivity index (χ4n) is 2.87. The molecular formula is C17H28N2O2. The monoisotopic (exact) mass is 292 g/mol. The maximum absolute atomic E-state index is 6.41. The van der Waals surface area contributed by atoms with E-state index >= 15 is 0 Å². The van der Waals surface area contributed by atoms with Crippen molar-refractivity contribution in [2.45, 2.75) is 32.2 Å². The standard InChI is InChI=1S/C17H28N2O2/c1-4-19(11-13-6-5-7-13)12-16(18)15-9-8-14(20-2)10-17(15)21-3/h8-10,13,16H,4-7,11-12,18H2,1-3H3. The number of rotatable bonds is 8. The third-order valence-corrected chi connectivity index (χ3v) is 4.48. The summed E-state index contributed by atoms with van der Waals surface area (Å²) in [6, 6.07) is 5.82. The summed E-state index contributed by atoms with van der Waals surface area (Å²) in [4.78, 5) is 2.46. The molecule has 4 nitrogen and oxygen atoms in total. The Bertz CT molecular complexity index is 446. The molecule has 1 unspecified atom stereocenters. The molecule has 1 aliphatic carbocycles. The minimum absolute atomic E-state index is 0.0362. The van der Waals surface area contributed by atoms with Gasteiger partial charge in [-0.25, -0.2) is 0 Å². The molecule has 1 aromatic rings. The average molecular weight is 292 g/mol. The number of benzene rings is 1. The van der Waals surface area contributed by atoms with Crippen molar-refractivity contribution in [2.24, 2.45) is 11.7 Å². The Labute approximate surface area is 128 Å². The molecule has 21 heavy (non-hydrogen) atoms. The second-order valence-corrected chi connectivity index (χ2v) is 5.86. The van der Waals surface area contributed by atoms with Crippen LogP contribution in [0.5, 0.6) is 11.5 Å². The van der Waals surface area contributed by atoms with Gasteiger partial charge in [-0.2, -0.15) is 0 Å². The van der Waals surface area contributed by atoms with Crippen LogP contribution in [0.3, 0.4) is 0 Å². The van der Waals surface area contributed by atoms with E-state index in [0.29, 0.717) is 0 Å². The Balaban J connectivity index is 2.01. The van der Waals surface area contributed by atoms with Crippen LogP contribution >= 0.6 is 0 Å². The first kappa shape index (κ1) is 16.1. The van der Waals surface area contributed by atoms with Crippen LogP contribution in [-0.2, 0) is 0 Å². The molecule has 118 valence electrons. The summed E-state index contributed by atoms with van der Waals surface area (Å²) in [5.74, 6) is 2.47. The van der Waals surface area contributed by atoms with Crippen LogP contribution in [-0.4, -0.2) is 38.8 Å². The molecule has 1 aromatic carbocycles. The van der Waals surface area contributed by atoms with Gasteiger partial charge in [0.05, 0.1) is 14.2 Å². The highest BCUT2D eigenvalue weighted by molar-refractivity contribution is 5.42. The predicted molar refractivity (Wildman–Crippen MR) is 85.9 cm³/mol. The van der Waals surface area contributed by atoms with Crippen LogP contribution < -0.4 is 15.2 Å². The molecule has 1 fully saturated rings. The molecule has 2 N–H and O–H groups in total. The second kappa shape index (κ2) is 7.66. The fourth-order valence-corrected chi connectivity index (χ4v) is 2.87. The van der Waals surface area contributed by atoms with Gasteiger partial charge in [0.2, 0.25) is 0 Å². The largest absolute Gasteiger partial charge is 0.497 e. The van der Waals surface area contributed by atoms with Crippen molar-refractivity contribution in [2.75, 3.05) is 33.9 Å². The number of hydrogen-bond donors (Lipinski definition) is 1. The van der Waals surface area contributed by atoms with Gasteiger partial charge in [-0.1, -0.05) is 19.4 Å². The van der Waals surface area contributed by atoms with Gasteiger partial charge in [0.1, 0.15) is 11.5 Å². The number of likely N-dealkylation sites (N-methyl/N-ethyl adjacent to an activating group) is 1. The van der Waals surface area contributed by atoms with E-state index in [0.717, 1.165) is 36.1 Å². The highest BCUT2D eigenvalue weighted by atomic mass is 16.5. The highest BCUT2D eigenvalue weighted by Crippen LogP contribution is 2.30. The molecule has 0 aliphatic heterocycles. The molecule has 0 spiro atoms. The van der Waals surface area contributed by atoms with Crippen LogP contribution in [0.2, 0.25) is 0 Å². The Morgan fingerprint density at radius 2 is 2.05 bits per heavy atom. The summed E-state index contributed by atoms with van der Waals surface area (Å²) < 4.78 is 10.7. The van der Waals surface area contributed by atoms with Gasteiger partial charge in [-0.05, 0) is 31.4 Å². The number of hydrogen-bond acceptors (Lipinski definition) is 4. The quantitative estimate of drug-likeness (QED) is 0.800. The van der Waals surface area contributed by atoms with Crippen molar-refractivity contribution in [1.82, 2.24) is 4.90 Å². The van der Waals surface area contributed by atoms with Gasteiger partial charge < -0.3 is 20.1 Å². The summed E-state index contributed by atoms with van der Waals surface area (Å²) >= 11 is 0. The molecule has 4 heteroatoms. The van der Waals surface area contributed by atoms with Gasteiger partial charge in [0.15, 0.2) is 0 Å². The predicted octanol–water partition coefficient (Wildman–Crippen LogP) is 2.83. The molecular weight excluding hydrogens is 264 g/mol. The van der Waals surface area contributed by atoms with E-state index in [9.17, 15) is 0 Å². The van der Waals surface area contributed by atoms with Crippen LogP contribution in [0.15, 0.2) is 18.2 Å². The van der Waals surface area contributed by atoms with Crippen LogP contribution in [0, 0.1) is 5.92 Å². The fraction of sp³-hybridized carbons (Fsp3) is 0.647. The maximum atomic E-state index is 6.41. The first-order chi connectivity index (χ1) is 10.2. The van der Waals surface area contributed by atoms with Crippen LogP contribution in [0.1, 0.15) is 37.8 Å². The number of nitrogens with two attached hydrogens (primary N) is 1. The molecule has 1 atom stereocenters. The molecule has 1 saturated carbocycles. The van der Waals surface area contributed by atoms with Gasteiger partial charge >= 0.3 is 0 Å². The van der Waals surface area contributed by atoms with Gasteiger partial charge in [-0.15, -0.1) is 0 Å². The molecule has 0 bridgehead atoms. The van der Waals surface area contributed by atoms with Crippen molar-refractivity contribution in [3.8, 4) is 11.5 Å². The molecule has 0 radical (unpaired) electrons. The van der Waals surface area contributed by atoms with E-state index in [1.807, 2.05) is 18.2 Å². The van der Waals surface area contributed by atoms with E-state index in [-0.39, 0.29) is 6.04 Å². The first-order valence-corrected chi connectivity index (χ1v) is 7.87. The minimum atomic E-state index is -0.0362. The smallest absolute Gasteiger partial charge is 0.127 e. The Hall–Kier alpha value is -1.26. The third kappa shape index (κ3) is 4.11. The molecule has 0 saturated heterocycles. The normalized spacial score (nSPS) is 16.6. The van der Waals surface area contributed by atoms with E-state index < -0.39 is 0 Å². The Morgan fingerprint density at radius 3 is 2.57 bits per heavy atom. The lowest BCUT2D eigenvalue weighted by molar-refractivity contribution is 0.176. The Morgan fingerprint density at radius 1 is 1.29 bits per heavy atom. The lowest BCUT2D eigenvalue weighted by Crippen LogP contribution is -2.37. The molecule has 1 aliphatic rings. The van der Waals surface area contributed by atoms with Crippen molar-refractivity contribution >= 4 is 0 Å². The van der Waals surface area contributed by atoms with E-state index in [1.54, 1.807) is 14.2 Å². The lowest BCUT2D eigenvalue weighted by atomic mass is 9.85. The molecule has 0 heterocycles. The summed E-state index contributed by atoms with van der Waals surface area (Å²) in [7, 11) is 3.34. The average Bonchev–Trinajstić information content (AvgIpc) is 2.48. The van der Waals surface area contributed by atoms with Crippen LogP contribution in [0.25, 0.3) is 0 Å². The summed E-state index contributed by atoms with van der Waals surface area (Å²) in [6.45, 7) is 5.29. The zero-order chi connectivity index (χ0) is 15.2. The summed E-state index contributed by atoms with van der Waals surface area (Å²) in [6.07, 6.45) is 4.13. The third-order valence-electron chi connectivity index (χ3n) is 4.48. The Kier molecular flexibility index (Phi) is 5.88. The van der Waals surface area contributed by atoms with Crippen LogP contribution in [0.4, 0.5) is 0 Å². The number of methoxy groups -OCH3 is 2. The zero-order valence-corrected chi connectivity index (χ0v) is 13.5. The number of ether oxygens (including phenoxy) is 2. The molecule has 2 rings (SSSR count). The summed E-state index contributed by atoms with van der Waals surface area (Å²) in [5, 5.41) is 0. The molecule has 0 aromatic heterocycles. The minimum Gasteiger partial charge on any atom is -0.497 e. The second-order valence-electron chi connectivity index (χ2n) is 5.86. The maximum Gasteiger partial charge on any atom is 0.127 e. The number of nitrogens with zero attached hydrogens (tertiary/aromatic N) is 1. The topological polar surface area (TPSA) is 47.7 Å². The molecule has 0 amide bonds. The van der Waals surface area contributed by atoms with E-state index in [2.05, 4.69) is 11.8 Å². The lowest BCUT2D eigenvalue weighted by Gasteiger charge is -2.33. The van der Waals surface area contributed by atoms with Crippen molar-refractivity contribution in [1.29, 1.82) is 0 Å². The van der Waals surface area contributed by atoms with Crippen molar-refractivity contribution < 1.29 is 9.47 Å². The van der Waals surface area contributed by atoms with E-state index in [4.69, 9.17) is 15.2 Å². The summed E-state index contributed by atoms with van der Waals surface area (Å²) in [5.41, 5.74) is 7.46. The SMILES string of the molecule is CCN(CC1CCC1)CC(N)c1ccc(OC)cc1OC.